The van der Waals surface area contributed by atoms with E-state index in [-0.39, 0.29) is 5.41 Å². The van der Waals surface area contributed by atoms with Gasteiger partial charge in [0.05, 0.1) is 18.6 Å². The Morgan fingerprint density at radius 3 is 2.53 bits per heavy atom. The largest absolute Gasteiger partial charge is 0.379 e. The van der Waals surface area contributed by atoms with Gasteiger partial charge in [-0.05, 0) is 30.5 Å². The van der Waals surface area contributed by atoms with E-state index in [9.17, 15) is 8.78 Å². The number of rotatable bonds is 4. The van der Waals surface area contributed by atoms with Gasteiger partial charge in [0, 0.05) is 12.6 Å². The molecule has 1 aliphatic carbocycles. The molecule has 2 nitrogen and oxygen atoms in total. The summed E-state index contributed by atoms with van der Waals surface area (Å²) in [6, 6.07) is 4.77. The van der Waals surface area contributed by atoms with Crippen LogP contribution in [0.2, 0.25) is 0 Å². The van der Waals surface area contributed by atoms with Gasteiger partial charge in [0.2, 0.25) is 0 Å². The van der Waals surface area contributed by atoms with Crippen LogP contribution in [-0.2, 0) is 10.2 Å². The zero-order valence-electron chi connectivity index (χ0n) is 9.51. The van der Waals surface area contributed by atoms with Crippen molar-refractivity contribution in [3.8, 4) is 0 Å². The predicted octanol–water partition coefficient (Wildman–Crippen LogP) is 1.98. The Morgan fingerprint density at radius 2 is 2.00 bits per heavy atom. The third-order valence-corrected chi connectivity index (χ3v) is 3.60. The van der Waals surface area contributed by atoms with Crippen molar-refractivity contribution in [2.24, 2.45) is 0 Å². The minimum atomic E-state index is -0.792. The molecule has 17 heavy (non-hydrogen) atoms. The molecule has 1 saturated carbocycles. The van der Waals surface area contributed by atoms with Crippen molar-refractivity contribution in [1.82, 2.24) is 5.32 Å². The molecule has 0 radical (unpaired) electrons. The lowest BCUT2D eigenvalue weighted by atomic mass is 9.78. The maximum absolute atomic E-state index is 13.2. The van der Waals surface area contributed by atoms with E-state index in [1.54, 1.807) is 6.07 Å². The Hall–Kier alpha value is -1.00. The lowest BCUT2D eigenvalue weighted by Crippen LogP contribution is -2.53. The van der Waals surface area contributed by atoms with Crippen molar-refractivity contribution in [3.63, 3.8) is 0 Å². The van der Waals surface area contributed by atoms with Crippen molar-refractivity contribution < 1.29 is 13.5 Å². The van der Waals surface area contributed by atoms with E-state index in [4.69, 9.17) is 4.74 Å². The molecule has 0 aromatic heterocycles. The van der Waals surface area contributed by atoms with Crippen molar-refractivity contribution in [3.05, 3.63) is 35.4 Å². The predicted molar refractivity (Wildman–Crippen MR) is 59.9 cm³/mol. The van der Waals surface area contributed by atoms with E-state index in [0.717, 1.165) is 12.1 Å². The van der Waals surface area contributed by atoms with E-state index >= 15 is 0 Å². The quantitative estimate of drug-likeness (QED) is 0.867. The summed E-state index contributed by atoms with van der Waals surface area (Å²) in [5.41, 5.74) is 0.660. The Balaban J connectivity index is 1.79. The molecule has 0 bridgehead atoms. The molecule has 0 amide bonds. The molecule has 3 rings (SSSR count). The molecule has 0 unspecified atom stereocenters. The first-order valence-corrected chi connectivity index (χ1v) is 5.96. The van der Waals surface area contributed by atoms with E-state index in [2.05, 4.69) is 5.32 Å². The molecule has 2 fully saturated rings. The van der Waals surface area contributed by atoms with Crippen LogP contribution in [0.1, 0.15) is 18.4 Å². The molecule has 1 N–H and O–H groups in total. The van der Waals surface area contributed by atoms with Gasteiger partial charge in [0.25, 0.3) is 0 Å². The van der Waals surface area contributed by atoms with Gasteiger partial charge in [0.1, 0.15) is 0 Å². The third kappa shape index (κ3) is 2.07. The van der Waals surface area contributed by atoms with Gasteiger partial charge >= 0.3 is 0 Å². The van der Waals surface area contributed by atoms with E-state index in [1.165, 1.54) is 25.0 Å². The molecule has 1 heterocycles. The summed E-state index contributed by atoms with van der Waals surface area (Å²) in [5.74, 6) is -1.57. The molecule has 2 aliphatic rings. The van der Waals surface area contributed by atoms with Crippen molar-refractivity contribution in [2.45, 2.75) is 24.3 Å². The molecule has 1 saturated heterocycles. The molecule has 1 aromatic carbocycles. The van der Waals surface area contributed by atoms with Gasteiger partial charge < -0.3 is 10.1 Å². The Bertz CT molecular complexity index is 427. The second-order valence-corrected chi connectivity index (χ2v) is 5.06. The number of hydrogen-bond acceptors (Lipinski definition) is 2. The third-order valence-electron chi connectivity index (χ3n) is 3.60. The van der Waals surface area contributed by atoms with Crippen molar-refractivity contribution in [2.75, 3.05) is 19.8 Å². The Labute approximate surface area is 99.0 Å². The van der Waals surface area contributed by atoms with Gasteiger partial charge in [-0.25, -0.2) is 8.78 Å². The molecule has 92 valence electrons. The highest BCUT2D eigenvalue weighted by Gasteiger charge is 2.41. The second kappa shape index (κ2) is 4.03. The lowest BCUT2D eigenvalue weighted by Gasteiger charge is -2.42. The molecule has 1 aliphatic heterocycles. The first-order chi connectivity index (χ1) is 8.20. The maximum Gasteiger partial charge on any atom is 0.159 e. The Kier molecular flexibility index (Phi) is 2.64. The number of ether oxygens (including phenoxy) is 1. The van der Waals surface area contributed by atoms with Crippen LogP contribution in [0, 0.1) is 11.6 Å². The van der Waals surface area contributed by atoms with Crippen molar-refractivity contribution in [1.29, 1.82) is 0 Å². The zero-order valence-corrected chi connectivity index (χ0v) is 9.51. The summed E-state index contributed by atoms with van der Waals surface area (Å²) in [6.45, 7) is 1.94. The zero-order chi connectivity index (χ0) is 11.9. The van der Waals surface area contributed by atoms with Crippen LogP contribution in [0.15, 0.2) is 18.2 Å². The fourth-order valence-corrected chi connectivity index (χ4v) is 2.17. The summed E-state index contributed by atoms with van der Waals surface area (Å²) in [4.78, 5) is 0. The van der Waals surface area contributed by atoms with Crippen LogP contribution >= 0.6 is 0 Å². The van der Waals surface area contributed by atoms with Gasteiger partial charge in [-0.15, -0.1) is 0 Å². The molecule has 1 aromatic rings. The SMILES string of the molecule is Fc1ccc(C2(CNC3CC3)COC2)cc1F. The van der Waals surface area contributed by atoms with Crippen LogP contribution in [-0.4, -0.2) is 25.8 Å². The number of hydrogen-bond donors (Lipinski definition) is 1. The number of nitrogens with one attached hydrogen (secondary N) is 1. The molecule has 0 spiro atoms. The molecule has 0 atom stereocenters. The minimum absolute atomic E-state index is 0.170. The molecular weight excluding hydrogens is 224 g/mol. The lowest BCUT2D eigenvalue weighted by molar-refractivity contribution is -0.0593. The smallest absolute Gasteiger partial charge is 0.159 e. The second-order valence-electron chi connectivity index (χ2n) is 5.06. The average Bonchev–Trinajstić information content (AvgIpc) is 3.05. The van der Waals surface area contributed by atoms with Gasteiger partial charge in [0.15, 0.2) is 11.6 Å². The maximum atomic E-state index is 13.2. The highest BCUT2D eigenvalue weighted by molar-refractivity contribution is 5.30. The van der Waals surface area contributed by atoms with Crippen LogP contribution in [0.4, 0.5) is 8.78 Å². The molecular formula is C13H15F2NO. The van der Waals surface area contributed by atoms with Gasteiger partial charge in [-0.3, -0.25) is 0 Å². The molecule has 4 heteroatoms. The average molecular weight is 239 g/mol. The fourth-order valence-electron chi connectivity index (χ4n) is 2.17. The van der Waals surface area contributed by atoms with Crippen molar-refractivity contribution >= 4 is 0 Å². The number of halogens is 2. The van der Waals surface area contributed by atoms with Crippen LogP contribution in [0.5, 0.6) is 0 Å². The first kappa shape index (κ1) is 11.1. The topological polar surface area (TPSA) is 21.3 Å². The van der Waals surface area contributed by atoms with Gasteiger partial charge in [-0.1, -0.05) is 6.07 Å². The van der Waals surface area contributed by atoms with E-state index < -0.39 is 11.6 Å². The summed E-state index contributed by atoms with van der Waals surface area (Å²) in [6.07, 6.45) is 2.43. The monoisotopic (exact) mass is 239 g/mol. The first-order valence-electron chi connectivity index (χ1n) is 5.96. The summed E-state index contributed by atoms with van der Waals surface area (Å²) in [5, 5.41) is 3.44. The van der Waals surface area contributed by atoms with Crippen LogP contribution in [0.25, 0.3) is 0 Å². The van der Waals surface area contributed by atoms with Crippen LogP contribution in [0.3, 0.4) is 0 Å². The standard InChI is InChI=1S/C13H15F2NO/c14-11-4-1-9(5-12(11)15)13(7-17-8-13)6-16-10-2-3-10/h1,4-5,10,16H,2-3,6-8H2. The Morgan fingerprint density at radius 1 is 1.24 bits per heavy atom. The highest BCUT2D eigenvalue weighted by Crippen LogP contribution is 2.33. The van der Waals surface area contributed by atoms with E-state index in [1.807, 2.05) is 0 Å². The fraction of sp³-hybridized carbons (Fsp3) is 0.538. The summed E-state index contributed by atoms with van der Waals surface area (Å²) >= 11 is 0. The minimum Gasteiger partial charge on any atom is -0.379 e. The number of benzene rings is 1. The van der Waals surface area contributed by atoms with Crippen LogP contribution < -0.4 is 5.32 Å². The van der Waals surface area contributed by atoms with E-state index in [0.29, 0.717) is 19.3 Å². The normalized spacial score (nSPS) is 22.2. The summed E-state index contributed by atoms with van der Waals surface area (Å²) in [7, 11) is 0. The summed E-state index contributed by atoms with van der Waals surface area (Å²) < 4.78 is 31.4. The van der Waals surface area contributed by atoms with Gasteiger partial charge in [-0.2, -0.15) is 0 Å². The highest BCUT2D eigenvalue weighted by atomic mass is 19.2.